The Kier molecular flexibility index (Phi) is 2.75. The summed E-state index contributed by atoms with van der Waals surface area (Å²) in [6.45, 7) is 1.03. The van der Waals surface area contributed by atoms with E-state index in [1.807, 2.05) is 0 Å². The van der Waals surface area contributed by atoms with Crippen LogP contribution in [0.1, 0.15) is 38.5 Å². The maximum absolute atomic E-state index is 5.75. The largest absolute Gasteiger partial charge is 0.377 e. The van der Waals surface area contributed by atoms with Crippen LogP contribution >= 0.6 is 15.9 Å². The highest BCUT2D eigenvalue weighted by Gasteiger charge is 2.40. The van der Waals surface area contributed by atoms with Gasteiger partial charge in [-0.15, -0.1) is 0 Å². The number of hydrogen-bond acceptors (Lipinski definition) is 1. The normalized spacial score (nSPS) is 34.2. The summed E-state index contributed by atoms with van der Waals surface area (Å²) in [5.41, 5.74) is 0.594. The highest BCUT2D eigenvalue weighted by Crippen LogP contribution is 2.45. The Morgan fingerprint density at radius 3 is 2.58 bits per heavy atom. The highest BCUT2D eigenvalue weighted by molar-refractivity contribution is 9.09. The van der Waals surface area contributed by atoms with Crippen molar-refractivity contribution in [3.05, 3.63) is 0 Å². The standard InChI is InChI=1S/C10H17BrO/c11-7-9-6-10(8-12-9)4-2-1-3-5-10/h9H,1-8H2/t9-/m1/s1. The van der Waals surface area contributed by atoms with Gasteiger partial charge in [-0.2, -0.15) is 0 Å². The van der Waals surface area contributed by atoms with Gasteiger partial charge >= 0.3 is 0 Å². The minimum Gasteiger partial charge on any atom is -0.377 e. The summed E-state index contributed by atoms with van der Waals surface area (Å²) in [5, 5.41) is 1.02. The Morgan fingerprint density at radius 1 is 1.25 bits per heavy atom. The lowest BCUT2D eigenvalue weighted by atomic mass is 9.73. The van der Waals surface area contributed by atoms with Gasteiger partial charge in [0.25, 0.3) is 0 Å². The lowest BCUT2D eigenvalue weighted by Gasteiger charge is -2.31. The van der Waals surface area contributed by atoms with Crippen molar-refractivity contribution in [1.82, 2.24) is 0 Å². The van der Waals surface area contributed by atoms with Crippen molar-refractivity contribution in [2.75, 3.05) is 11.9 Å². The Hall–Kier alpha value is 0.440. The van der Waals surface area contributed by atoms with Gasteiger partial charge in [-0.3, -0.25) is 0 Å². The third kappa shape index (κ3) is 1.69. The molecular weight excluding hydrogens is 216 g/mol. The second-order valence-corrected chi connectivity index (χ2v) is 5.00. The molecule has 1 aliphatic carbocycles. The van der Waals surface area contributed by atoms with E-state index in [0.717, 1.165) is 11.9 Å². The number of alkyl halides is 1. The van der Waals surface area contributed by atoms with Crippen molar-refractivity contribution in [1.29, 1.82) is 0 Å². The predicted molar refractivity (Wildman–Crippen MR) is 53.7 cm³/mol. The molecule has 2 aliphatic rings. The number of halogens is 1. The molecule has 1 heterocycles. The zero-order valence-electron chi connectivity index (χ0n) is 7.52. The van der Waals surface area contributed by atoms with E-state index < -0.39 is 0 Å². The van der Waals surface area contributed by atoms with Crippen molar-refractivity contribution in [3.63, 3.8) is 0 Å². The molecule has 0 bridgehead atoms. The molecule has 12 heavy (non-hydrogen) atoms. The van der Waals surface area contributed by atoms with Gasteiger partial charge in [-0.25, -0.2) is 0 Å². The molecule has 1 spiro atoms. The summed E-state index contributed by atoms with van der Waals surface area (Å²) < 4.78 is 5.75. The summed E-state index contributed by atoms with van der Waals surface area (Å²) in [5.74, 6) is 0. The van der Waals surface area contributed by atoms with Crippen LogP contribution in [0.25, 0.3) is 0 Å². The van der Waals surface area contributed by atoms with Gasteiger partial charge in [0, 0.05) is 5.33 Å². The molecular formula is C10H17BrO. The van der Waals surface area contributed by atoms with Gasteiger partial charge < -0.3 is 4.74 Å². The molecule has 0 aromatic rings. The zero-order chi connectivity index (χ0) is 8.44. The molecule has 1 atom stereocenters. The van der Waals surface area contributed by atoms with Crippen LogP contribution in [-0.4, -0.2) is 18.0 Å². The fourth-order valence-corrected chi connectivity index (χ4v) is 3.06. The number of rotatable bonds is 1. The molecule has 0 N–H and O–H groups in total. The second-order valence-electron chi connectivity index (χ2n) is 4.35. The van der Waals surface area contributed by atoms with E-state index in [-0.39, 0.29) is 0 Å². The molecule has 0 amide bonds. The van der Waals surface area contributed by atoms with E-state index in [4.69, 9.17) is 4.74 Å². The van der Waals surface area contributed by atoms with Crippen LogP contribution in [0.2, 0.25) is 0 Å². The third-order valence-corrected chi connectivity index (χ3v) is 4.09. The minimum absolute atomic E-state index is 0.503. The smallest absolute Gasteiger partial charge is 0.0678 e. The number of ether oxygens (including phenoxy) is 1. The summed E-state index contributed by atoms with van der Waals surface area (Å²) in [6.07, 6.45) is 8.94. The van der Waals surface area contributed by atoms with E-state index >= 15 is 0 Å². The molecule has 1 aliphatic heterocycles. The second kappa shape index (κ2) is 3.67. The first-order chi connectivity index (χ1) is 5.85. The summed E-state index contributed by atoms with van der Waals surface area (Å²) >= 11 is 3.50. The number of hydrogen-bond donors (Lipinski definition) is 0. The Balaban J connectivity index is 1.94. The molecule has 1 nitrogen and oxygen atoms in total. The van der Waals surface area contributed by atoms with Crippen LogP contribution in [0.3, 0.4) is 0 Å². The van der Waals surface area contributed by atoms with Gasteiger partial charge in [-0.05, 0) is 24.7 Å². The van der Waals surface area contributed by atoms with Crippen molar-refractivity contribution in [2.45, 2.75) is 44.6 Å². The third-order valence-electron chi connectivity index (χ3n) is 3.37. The van der Waals surface area contributed by atoms with Gasteiger partial charge in [0.1, 0.15) is 0 Å². The molecule has 70 valence electrons. The summed E-state index contributed by atoms with van der Waals surface area (Å²) in [4.78, 5) is 0. The van der Waals surface area contributed by atoms with Crippen LogP contribution in [0.15, 0.2) is 0 Å². The van der Waals surface area contributed by atoms with Crippen molar-refractivity contribution < 1.29 is 4.74 Å². The van der Waals surface area contributed by atoms with Crippen molar-refractivity contribution >= 4 is 15.9 Å². The average molecular weight is 233 g/mol. The molecule has 2 rings (SSSR count). The molecule has 0 aromatic heterocycles. The Labute approximate surface area is 83.0 Å². The molecule has 0 unspecified atom stereocenters. The summed E-state index contributed by atoms with van der Waals surface area (Å²) in [7, 11) is 0. The van der Waals surface area contributed by atoms with Gasteiger partial charge in [0.2, 0.25) is 0 Å². The maximum atomic E-state index is 5.75. The lowest BCUT2D eigenvalue weighted by molar-refractivity contribution is 0.0949. The van der Waals surface area contributed by atoms with E-state index in [9.17, 15) is 0 Å². The molecule has 0 radical (unpaired) electrons. The van der Waals surface area contributed by atoms with Gasteiger partial charge in [-0.1, -0.05) is 35.2 Å². The van der Waals surface area contributed by atoms with Crippen molar-refractivity contribution in [2.24, 2.45) is 5.41 Å². The Bertz CT molecular complexity index is 152. The lowest BCUT2D eigenvalue weighted by Crippen LogP contribution is -2.24. The Morgan fingerprint density at radius 2 is 2.00 bits per heavy atom. The highest BCUT2D eigenvalue weighted by atomic mass is 79.9. The first-order valence-corrected chi connectivity index (χ1v) is 6.14. The average Bonchev–Trinajstić information content (AvgIpc) is 2.50. The molecule has 1 saturated carbocycles. The van der Waals surface area contributed by atoms with Crippen LogP contribution in [0.5, 0.6) is 0 Å². The van der Waals surface area contributed by atoms with Crippen LogP contribution in [0, 0.1) is 5.41 Å². The quantitative estimate of drug-likeness (QED) is 0.632. The van der Waals surface area contributed by atoms with Crippen molar-refractivity contribution in [3.8, 4) is 0 Å². The van der Waals surface area contributed by atoms with E-state index in [1.54, 1.807) is 0 Å². The molecule has 0 aromatic carbocycles. The zero-order valence-corrected chi connectivity index (χ0v) is 9.11. The van der Waals surface area contributed by atoms with Crippen LogP contribution in [0.4, 0.5) is 0 Å². The van der Waals surface area contributed by atoms with Crippen LogP contribution in [-0.2, 0) is 4.74 Å². The topological polar surface area (TPSA) is 9.23 Å². The minimum atomic E-state index is 0.503. The van der Waals surface area contributed by atoms with Crippen LogP contribution < -0.4 is 0 Å². The summed E-state index contributed by atoms with van der Waals surface area (Å²) in [6, 6.07) is 0. The molecule has 1 saturated heterocycles. The van der Waals surface area contributed by atoms with E-state index in [1.165, 1.54) is 38.5 Å². The first-order valence-electron chi connectivity index (χ1n) is 5.02. The predicted octanol–water partition coefficient (Wildman–Crippen LogP) is 3.12. The fourth-order valence-electron chi connectivity index (χ4n) is 2.64. The monoisotopic (exact) mass is 232 g/mol. The molecule has 2 heteroatoms. The maximum Gasteiger partial charge on any atom is 0.0678 e. The SMILES string of the molecule is BrC[C@H]1CC2(CCCCC2)CO1. The molecule has 2 fully saturated rings. The van der Waals surface area contributed by atoms with Gasteiger partial charge in [0.05, 0.1) is 12.7 Å². The van der Waals surface area contributed by atoms with Gasteiger partial charge in [0.15, 0.2) is 0 Å². The fraction of sp³-hybridized carbons (Fsp3) is 1.00. The van der Waals surface area contributed by atoms with E-state index in [0.29, 0.717) is 11.5 Å². The van der Waals surface area contributed by atoms with E-state index in [2.05, 4.69) is 15.9 Å². The first kappa shape index (κ1) is 9.01.